The van der Waals surface area contributed by atoms with E-state index in [0.717, 1.165) is 35.2 Å². The molecule has 1 atom stereocenters. The Bertz CT molecular complexity index is 862. The predicted octanol–water partition coefficient (Wildman–Crippen LogP) is 1.89. The molecule has 0 radical (unpaired) electrons. The molecular formula is C19H18BrN2O2+. The van der Waals surface area contributed by atoms with E-state index in [2.05, 4.69) is 40.2 Å². The zero-order chi connectivity index (χ0) is 16.8. The van der Waals surface area contributed by atoms with E-state index in [-0.39, 0.29) is 0 Å². The van der Waals surface area contributed by atoms with E-state index in [1.807, 2.05) is 19.1 Å². The fourth-order valence-corrected chi connectivity index (χ4v) is 4.12. The van der Waals surface area contributed by atoms with E-state index >= 15 is 0 Å². The molecule has 0 saturated heterocycles. The topological polar surface area (TPSA) is 41.8 Å². The molecule has 0 saturated carbocycles. The van der Waals surface area contributed by atoms with Gasteiger partial charge in [0.05, 0.1) is 17.8 Å². The van der Waals surface area contributed by atoms with Crippen LogP contribution in [0.15, 0.2) is 40.9 Å². The third-order valence-electron chi connectivity index (χ3n) is 4.96. The van der Waals surface area contributed by atoms with Crippen molar-refractivity contribution in [2.45, 2.75) is 19.9 Å². The third-order valence-corrected chi connectivity index (χ3v) is 5.98. The van der Waals surface area contributed by atoms with Gasteiger partial charge in [-0.2, -0.15) is 0 Å². The van der Waals surface area contributed by atoms with Crippen molar-refractivity contribution in [2.24, 2.45) is 0 Å². The molecule has 2 aromatic carbocycles. The van der Waals surface area contributed by atoms with Crippen LogP contribution in [0.2, 0.25) is 0 Å². The van der Waals surface area contributed by atoms with Crippen LogP contribution in [-0.2, 0) is 17.8 Å². The number of nitrogens with zero attached hydrogens (tertiary/aromatic N) is 1. The lowest BCUT2D eigenvalue weighted by atomic mass is 10.0. The first kappa shape index (κ1) is 15.5. The number of hydrogen-bond donors (Lipinski definition) is 1. The zero-order valence-electron chi connectivity index (χ0n) is 13.4. The Balaban J connectivity index is 1.62. The monoisotopic (exact) mass is 385 g/mol. The van der Waals surface area contributed by atoms with Crippen LogP contribution >= 0.6 is 15.9 Å². The molecule has 4 rings (SSSR count). The van der Waals surface area contributed by atoms with E-state index in [1.165, 1.54) is 16.0 Å². The molecule has 1 unspecified atom stereocenters. The summed E-state index contributed by atoms with van der Waals surface area (Å²) in [6.07, 6.45) is 1.01. The average molecular weight is 386 g/mol. The van der Waals surface area contributed by atoms with Gasteiger partial charge in [0.15, 0.2) is 6.67 Å². The van der Waals surface area contributed by atoms with Gasteiger partial charge in [-0.15, -0.1) is 0 Å². The van der Waals surface area contributed by atoms with Crippen LogP contribution in [0.3, 0.4) is 0 Å². The van der Waals surface area contributed by atoms with E-state index in [0.29, 0.717) is 12.2 Å². The minimum atomic E-state index is -0.414. The highest BCUT2D eigenvalue weighted by Crippen LogP contribution is 2.35. The highest BCUT2D eigenvalue weighted by atomic mass is 79.9. The summed E-state index contributed by atoms with van der Waals surface area (Å²) in [4.78, 5) is 27.8. The third kappa shape index (κ3) is 2.39. The van der Waals surface area contributed by atoms with Crippen molar-refractivity contribution < 1.29 is 14.5 Å². The van der Waals surface area contributed by atoms with Crippen LogP contribution in [-0.4, -0.2) is 24.9 Å². The van der Waals surface area contributed by atoms with Crippen molar-refractivity contribution in [1.29, 1.82) is 0 Å². The lowest BCUT2D eigenvalue weighted by molar-refractivity contribution is -0.914. The van der Waals surface area contributed by atoms with Gasteiger partial charge < -0.3 is 4.90 Å². The number of quaternary nitrogens is 1. The summed E-state index contributed by atoms with van der Waals surface area (Å²) in [5.74, 6) is -0.819. The van der Waals surface area contributed by atoms with E-state index in [9.17, 15) is 9.59 Å². The summed E-state index contributed by atoms with van der Waals surface area (Å²) < 4.78 is 0.736. The van der Waals surface area contributed by atoms with Gasteiger partial charge in [-0.05, 0) is 40.0 Å². The number of benzene rings is 2. The van der Waals surface area contributed by atoms with Crippen LogP contribution in [0, 0.1) is 6.92 Å². The van der Waals surface area contributed by atoms with Gasteiger partial charge >= 0.3 is 5.91 Å². The smallest absolute Gasteiger partial charge is 0.303 e. The highest BCUT2D eigenvalue weighted by molar-refractivity contribution is 9.10. The fraction of sp³-hybridized carbons (Fsp3) is 0.263. The maximum Gasteiger partial charge on any atom is 0.303 e. The Morgan fingerprint density at radius 1 is 1.12 bits per heavy atom. The molecule has 2 aliphatic rings. The largest absolute Gasteiger partial charge is 0.313 e. The van der Waals surface area contributed by atoms with Crippen molar-refractivity contribution >= 4 is 33.3 Å². The molecule has 2 heterocycles. The number of carbonyl (C=O) groups is 2. The molecule has 2 aromatic rings. The number of nitrogens with one attached hydrogen (secondary N) is 1. The summed E-state index contributed by atoms with van der Waals surface area (Å²) in [5.41, 5.74) is 4.94. The molecule has 0 spiro atoms. The second-order valence-electron chi connectivity index (χ2n) is 6.51. The normalized spacial score (nSPS) is 19.4. The number of hydrogen-bond acceptors (Lipinski definition) is 2. The maximum absolute atomic E-state index is 12.5. The number of amides is 1. The molecule has 0 bridgehead atoms. The molecule has 2 aliphatic heterocycles. The molecule has 4 nitrogen and oxygen atoms in total. The number of rotatable bonds is 2. The number of halogens is 1. The van der Waals surface area contributed by atoms with Crippen molar-refractivity contribution in [2.75, 3.05) is 18.1 Å². The SMILES string of the molecule is Cc1ccc2c(c1Br)C(=O)C(=O)N2C[NH+]1CCc2ccccc2C1. The lowest BCUT2D eigenvalue weighted by Gasteiger charge is -2.29. The highest BCUT2D eigenvalue weighted by Gasteiger charge is 2.40. The number of ketones is 1. The van der Waals surface area contributed by atoms with Gasteiger partial charge in [0.2, 0.25) is 0 Å². The van der Waals surface area contributed by atoms with Crippen LogP contribution in [0.25, 0.3) is 0 Å². The number of Topliss-reactive ketones (excluding diaryl/α,β-unsaturated/α-hetero) is 1. The van der Waals surface area contributed by atoms with Gasteiger partial charge in [0.25, 0.3) is 5.78 Å². The van der Waals surface area contributed by atoms with Crippen molar-refractivity contribution in [3.63, 3.8) is 0 Å². The van der Waals surface area contributed by atoms with Gasteiger partial charge in [-0.3, -0.25) is 14.5 Å². The minimum absolute atomic E-state index is 0.405. The Hall–Kier alpha value is -1.98. The maximum atomic E-state index is 12.5. The van der Waals surface area contributed by atoms with Gasteiger partial charge in [-0.1, -0.05) is 30.3 Å². The molecule has 0 aliphatic carbocycles. The van der Waals surface area contributed by atoms with Crippen molar-refractivity contribution in [3.8, 4) is 0 Å². The molecule has 0 aromatic heterocycles. The van der Waals surface area contributed by atoms with E-state index in [4.69, 9.17) is 0 Å². The second-order valence-corrected chi connectivity index (χ2v) is 7.30. The summed E-state index contributed by atoms with van der Waals surface area (Å²) in [6.45, 7) is 4.31. The van der Waals surface area contributed by atoms with Crippen LogP contribution < -0.4 is 9.80 Å². The molecule has 1 N–H and O–H groups in total. The Kier molecular flexibility index (Phi) is 3.77. The van der Waals surface area contributed by atoms with E-state index < -0.39 is 11.7 Å². The predicted molar refractivity (Wildman–Crippen MR) is 95.2 cm³/mol. The fourth-order valence-electron chi connectivity index (χ4n) is 3.61. The molecule has 122 valence electrons. The first-order valence-electron chi connectivity index (χ1n) is 8.12. The Labute approximate surface area is 149 Å². The summed E-state index contributed by atoms with van der Waals surface area (Å²) in [5, 5.41) is 0. The first-order valence-corrected chi connectivity index (χ1v) is 8.91. The van der Waals surface area contributed by atoms with Gasteiger partial charge in [0.1, 0.15) is 6.54 Å². The molecule has 24 heavy (non-hydrogen) atoms. The molecular weight excluding hydrogens is 368 g/mol. The quantitative estimate of drug-likeness (QED) is 0.802. The molecule has 1 amide bonds. The van der Waals surface area contributed by atoms with Crippen molar-refractivity contribution in [1.82, 2.24) is 0 Å². The second kappa shape index (κ2) is 5.83. The summed E-state index contributed by atoms with van der Waals surface area (Å²) in [6, 6.07) is 12.3. The average Bonchev–Trinajstić information content (AvgIpc) is 2.83. The zero-order valence-corrected chi connectivity index (χ0v) is 15.0. The Morgan fingerprint density at radius 2 is 1.88 bits per heavy atom. The van der Waals surface area contributed by atoms with Crippen LogP contribution in [0.4, 0.5) is 5.69 Å². The number of anilines is 1. The lowest BCUT2D eigenvalue weighted by Crippen LogP contribution is -3.13. The standard InChI is InChI=1S/C19H17BrN2O2/c1-12-6-7-15-16(17(12)20)18(23)19(24)22(15)11-21-9-8-13-4-2-3-5-14(13)10-21/h2-7H,8-11H2,1H3/p+1. The number of aryl methyl sites for hydroxylation is 1. The van der Waals surface area contributed by atoms with Crippen LogP contribution in [0.5, 0.6) is 0 Å². The first-order chi connectivity index (χ1) is 11.6. The van der Waals surface area contributed by atoms with E-state index in [1.54, 1.807) is 4.90 Å². The number of fused-ring (bicyclic) bond motifs is 2. The van der Waals surface area contributed by atoms with Crippen LogP contribution in [0.1, 0.15) is 27.0 Å². The summed E-state index contributed by atoms with van der Waals surface area (Å²) >= 11 is 3.47. The molecule has 5 heteroatoms. The van der Waals surface area contributed by atoms with Gasteiger partial charge in [0, 0.05) is 16.5 Å². The minimum Gasteiger partial charge on any atom is -0.313 e. The molecule has 0 fully saturated rings. The van der Waals surface area contributed by atoms with Gasteiger partial charge in [-0.25, -0.2) is 0 Å². The summed E-state index contributed by atoms with van der Waals surface area (Å²) in [7, 11) is 0. The number of carbonyl (C=O) groups excluding carboxylic acids is 2. The Morgan fingerprint density at radius 3 is 2.67 bits per heavy atom. The van der Waals surface area contributed by atoms with Crippen molar-refractivity contribution in [3.05, 3.63) is 63.1 Å².